The van der Waals surface area contributed by atoms with Crippen molar-refractivity contribution in [2.45, 2.75) is 20.8 Å². The molecule has 0 fully saturated rings. The minimum atomic E-state index is -0.268. The molecule has 0 aliphatic rings. The fourth-order valence-electron chi connectivity index (χ4n) is 3.04. The average molecular weight is 358 g/mol. The molecule has 0 saturated carbocycles. The Balaban J connectivity index is 1.79. The first kappa shape index (κ1) is 16.9. The first-order valence-corrected chi connectivity index (χ1v) is 8.60. The van der Waals surface area contributed by atoms with Crippen molar-refractivity contribution in [1.82, 2.24) is 19.9 Å². The summed E-state index contributed by atoms with van der Waals surface area (Å²) in [5.41, 5.74) is 4.85. The van der Waals surface area contributed by atoms with Gasteiger partial charge in [0, 0.05) is 17.8 Å². The van der Waals surface area contributed by atoms with Crippen LogP contribution in [0.3, 0.4) is 0 Å². The van der Waals surface area contributed by atoms with E-state index in [0.717, 1.165) is 27.9 Å². The molecule has 2 aromatic carbocycles. The standard InChI is InChI=1S/C21H18N4O2/c1-13-10-14(2)12-16(11-13)25-9-8-18(26)19(23-25)21-22-20(24-27-21)17-7-5-4-6-15(17)3/h4-12H,1-3H3. The first-order valence-electron chi connectivity index (χ1n) is 8.60. The molecular formula is C21H18N4O2. The highest BCUT2D eigenvalue weighted by Crippen LogP contribution is 2.22. The van der Waals surface area contributed by atoms with Gasteiger partial charge in [-0.25, -0.2) is 4.68 Å². The largest absolute Gasteiger partial charge is 0.332 e. The van der Waals surface area contributed by atoms with Crippen LogP contribution in [0.15, 0.2) is 64.0 Å². The molecule has 6 heteroatoms. The van der Waals surface area contributed by atoms with E-state index in [-0.39, 0.29) is 17.0 Å². The maximum atomic E-state index is 12.3. The Labute approximate surface area is 156 Å². The zero-order valence-corrected chi connectivity index (χ0v) is 15.3. The first-order chi connectivity index (χ1) is 13.0. The van der Waals surface area contributed by atoms with Gasteiger partial charge in [-0.3, -0.25) is 4.79 Å². The van der Waals surface area contributed by atoms with Gasteiger partial charge in [0.2, 0.25) is 11.3 Å². The van der Waals surface area contributed by atoms with Crippen LogP contribution in [0.25, 0.3) is 28.7 Å². The Morgan fingerprint density at radius 2 is 1.70 bits per heavy atom. The molecule has 2 heterocycles. The van der Waals surface area contributed by atoms with Crippen molar-refractivity contribution in [1.29, 1.82) is 0 Å². The van der Waals surface area contributed by atoms with Gasteiger partial charge in [-0.05, 0) is 49.6 Å². The van der Waals surface area contributed by atoms with Crippen molar-refractivity contribution < 1.29 is 4.52 Å². The molecule has 2 aromatic heterocycles. The summed E-state index contributed by atoms with van der Waals surface area (Å²) in [4.78, 5) is 16.7. The maximum absolute atomic E-state index is 12.3. The Kier molecular flexibility index (Phi) is 4.16. The third-order valence-electron chi connectivity index (χ3n) is 4.29. The molecule has 0 aliphatic carbocycles. The molecule has 0 amide bonds. The van der Waals surface area contributed by atoms with Gasteiger partial charge < -0.3 is 4.52 Å². The summed E-state index contributed by atoms with van der Waals surface area (Å²) < 4.78 is 6.99. The van der Waals surface area contributed by atoms with Crippen molar-refractivity contribution in [2.24, 2.45) is 0 Å². The Hall–Kier alpha value is -3.54. The van der Waals surface area contributed by atoms with Crippen molar-refractivity contribution in [3.8, 4) is 28.7 Å². The summed E-state index contributed by atoms with van der Waals surface area (Å²) >= 11 is 0. The molecule has 134 valence electrons. The number of hydrogen-bond acceptors (Lipinski definition) is 5. The molecular weight excluding hydrogens is 340 g/mol. The van der Waals surface area contributed by atoms with E-state index in [1.807, 2.05) is 57.2 Å². The lowest BCUT2D eigenvalue weighted by Gasteiger charge is -2.08. The van der Waals surface area contributed by atoms with Crippen LogP contribution in [-0.2, 0) is 0 Å². The summed E-state index contributed by atoms with van der Waals surface area (Å²) in [6.07, 6.45) is 1.64. The molecule has 0 bridgehead atoms. The van der Waals surface area contributed by atoms with E-state index in [1.165, 1.54) is 6.07 Å². The van der Waals surface area contributed by atoms with E-state index in [1.54, 1.807) is 10.9 Å². The second-order valence-electron chi connectivity index (χ2n) is 6.56. The van der Waals surface area contributed by atoms with Gasteiger partial charge in [-0.1, -0.05) is 35.5 Å². The third-order valence-corrected chi connectivity index (χ3v) is 4.29. The van der Waals surface area contributed by atoms with Crippen molar-refractivity contribution in [3.63, 3.8) is 0 Å². The minimum absolute atomic E-state index is 0.108. The van der Waals surface area contributed by atoms with Crippen LogP contribution in [0.4, 0.5) is 0 Å². The lowest BCUT2D eigenvalue weighted by molar-refractivity contribution is 0.429. The normalized spacial score (nSPS) is 10.9. The summed E-state index contributed by atoms with van der Waals surface area (Å²) in [5, 5.41) is 8.45. The topological polar surface area (TPSA) is 73.8 Å². The molecule has 0 saturated heterocycles. The number of hydrogen-bond donors (Lipinski definition) is 0. The van der Waals surface area contributed by atoms with Gasteiger partial charge >= 0.3 is 0 Å². The van der Waals surface area contributed by atoms with Crippen molar-refractivity contribution in [2.75, 3.05) is 0 Å². The molecule has 0 radical (unpaired) electrons. The lowest BCUT2D eigenvalue weighted by atomic mass is 10.1. The lowest BCUT2D eigenvalue weighted by Crippen LogP contribution is -2.13. The average Bonchev–Trinajstić information content (AvgIpc) is 3.11. The highest BCUT2D eigenvalue weighted by molar-refractivity contribution is 5.61. The highest BCUT2D eigenvalue weighted by Gasteiger charge is 2.17. The smallest absolute Gasteiger partial charge is 0.282 e. The van der Waals surface area contributed by atoms with E-state index in [2.05, 4.69) is 21.3 Å². The summed E-state index contributed by atoms with van der Waals surface area (Å²) in [7, 11) is 0. The summed E-state index contributed by atoms with van der Waals surface area (Å²) in [5.74, 6) is 0.545. The molecule has 4 aromatic rings. The van der Waals surface area contributed by atoms with E-state index < -0.39 is 0 Å². The zero-order valence-electron chi connectivity index (χ0n) is 15.3. The Bertz CT molecular complexity index is 1170. The fraction of sp³-hybridized carbons (Fsp3) is 0.143. The SMILES string of the molecule is Cc1cc(C)cc(-n2ccc(=O)c(-c3nc(-c4ccccc4C)no3)n2)c1. The molecule has 4 rings (SSSR count). The summed E-state index contributed by atoms with van der Waals surface area (Å²) in [6.45, 7) is 6.01. The number of aromatic nitrogens is 4. The van der Waals surface area contributed by atoms with Crippen LogP contribution in [0.2, 0.25) is 0 Å². The quantitative estimate of drug-likeness (QED) is 0.556. The second kappa shape index (κ2) is 6.64. The van der Waals surface area contributed by atoms with E-state index >= 15 is 0 Å². The number of rotatable bonds is 3. The van der Waals surface area contributed by atoms with E-state index in [9.17, 15) is 4.79 Å². The Morgan fingerprint density at radius 3 is 2.44 bits per heavy atom. The molecule has 0 unspecified atom stereocenters. The van der Waals surface area contributed by atoms with Gasteiger partial charge in [0.05, 0.1) is 5.69 Å². The monoisotopic (exact) mass is 358 g/mol. The third kappa shape index (κ3) is 3.29. The maximum Gasteiger partial charge on any atom is 0.282 e. The predicted octanol–water partition coefficient (Wildman–Crippen LogP) is 3.87. The Morgan fingerprint density at radius 1 is 0.963 bits per heavy atom. The van der Waals surface area contributed by atoms with Gasteiger partial charge in [0.1, 0.15) is 0 Å². The molecule has 0 aliphatic heterocycles. The number of benzene rings is 2. The number of aryl methyl sites for hydroxylation is 3. The van der Waals surface area contributed by atoms with Crippen LogP contribution in [-0.4, -0.2) is 19.9 Å². The zero-order chi connectivity index (χ0) is 19.0. The van der Waals surface area contributed by atoms with E-state index in [0.29, 0.717) is 5.82 Å². The molecule has 0 N–H and O–H groups in total. The van der Waals surface area contributed by atoms with E-state index in [4.69, 9.17) is 4.52 Å². The van der Waals surface area contributed by atoms with Gasteiger partial charge in [-0.2, -0.15) is 10.1 Å². The van der Waals surface area contributed by atoms with Crippen LogP contribution >= 0.6 is 0 Å². The van der Waals surface area contributed by atoms with Gasteiger partial charge in [-0.15, -0.1) is 0 Å². The molecule has 27 heavy (non-hydrogen) atoms. The fourth-order valence-corrected chi connectivity index (χ4v) is 3.04. The van der Waals surface area contributed by atoms with Crippen molar-refractivity contribution >= 4 is 0 Å². The van der Waals surface area contributed by atoms with Gasteiger partial charge in [0.15, 0.2) is 5.69 Å². The van der Waals surface area contributed by atoms with Crippen molar-refractivity contribution in [3.05, 3.63) is 81.6 Å². The predicted molar refractivity (Wildman–Crippen MR) is 103 cm³/mol. The molecule has 0 atom stereocenters. The van der Waals surface area contributed by atoms with Crippen LogP contribution in [0, 0.1) is 20.8 Å². The van der Waals surface area contributed by atoms with Crippen LogP contribution in [0.5, 0.6) is 0 Å². The van der Waals surface area contributed by atoms with Crippen LogP contribution < -0.4 is 5.43 Å². The minimum Gasteiger partial charge on any atom is -0.332 e. The highest BCUT2D eigenvalue weighted by atomic mass is 16.5. The molecule has 6 nitrogen and oxygen atoms in total. The summed E-state index contributed by atoms with van der Waals surface area (Å²) in [6, 6.07) is 15.3. The second-order valence-corrected chi connectivity index (χ2v) is 6.56. The van der Waals surface area contributed by atoms with Crippen LogP contribution in [0.1, 0.15) is 16.7 Å². The molecule has 0 spiro atoms. The van der Waals surface area contributed by atoms with Gasteiger partial charge in [0.25, 0.3) is 5.89 Å². The number of nitrogens with zero attached hydrogens (tertiary/aromatic N) is 4.